The molecule has 3 aromatic rings. The Kier molecular flexibility index (Phi) is 3.65. The molecule has 6 heteroatoms. The molecule has 0 saturated carbocycles. The van der Waals surface area contributed by atoms with Gasteiger partial charge in [-0.25, -0.2) is 4.98 Å². The fourth-order valence-corrected chi connectivity index (χ4v) is 2.23. The number of imidazole rings is 1. The van der Waals surface area contributed by atoms with E-state index in [0.29, 0.717) is 21.9 Å². The number of carbonyl (C=O) groups excluding carboxylic acids is 2. The average Bonchev–Trinajstić information content (AvgIpc) is 2.91. The van der Waals surface area contributed by atoms with Gasteiger partial charge in [-0.15, -0.1) is 0 Å². The molecule has 0 unspecified atom stereocenters. The van der Waals surface area contributed by atoms with E-state index in [1.165, 1.54) is 6.92 Å². The largest absolute Gasteiger partial charge is 0.321 e. The molecular weight excluding hydrogens is 302 g/mol. The third-order valence-electron chi connectivity index (χ3n) is 3.20. The normalized spacial score (nSPS) is 10.6. The molecule has 22 heavy (non-hydrogen) atoms. The lowest BCUT2D eigenvalue weighted by Gasteiger charge is -2.03. The second kappa shape index (κ2) is 5.61. The zero-order valence-corrected chi connectivity index (χ0v) is 12.5. The molecule has 1 N–H and O–H groups in total. The van der Waals surface area contributed by atoms with Crippen LogP contribution in [0.3, 0.4) is 0 Å². The number of aromatic nitrogens is 2. The van der Waals surface area contributed by atoms with Crippen molar-refractivity contribution in [2.45, 2.75) is 6.92 Å². The number of nitrogens with one attached hydrogen (secondary N) is 1. The van der Waals surface area contributed by atoms with Gasteiger partial charge in [0.1, 0.15) is 11.3 Å². The lowest BCUT2D eigenvalue weighted by molar-refractivity contribution is 0.101. The molecule has 1 aromatic carbocycles. The molecule has 0 fully saturated rings. The molecular formula is C16H12ClN3O2. The van der Waals surface area contributed by atoms with E-state index in [9.17, 15) is 9.59 Å². The topological polar surface area (TPSA) is 63.5 Å². The number of rotatable bonds is 3. The van der Waals surface area contributed by atoms with Crippen LogP contribution in [0.4, 0.5) is 5.69 Å². The molecule has 2 aromatic heterocycles. The molecule has 0 aliphatic heterocycles. The molecule has 1 amide bonds. The average molecular weight is 314 g/mol. The van der Waals surface area contributed by atoms with E-state index >= 15 is 0 Å². The zero-order chi connectivity index (χ0) is 15.7. The Morgan fingerprint density at radius 1 is 1.09 bits per heavy atom. The maximum atomic E-state index is 12.2. The van der Waals surface area contributed by atoms with Gasteiger partial charge in [0, 0.05) is 23.6 Å². The van der Waals surface area contributed by atoms with Crippen molar-refractivity contribution in [3.05, 3.63) is 65.1 Å². The maximum absolute atomic E-state index is 12.2. The van der Waals surface area contributed by atoms with Crippen LogP contribution < -0.4 is 5.32 Å². The van der Waals surface area contributed by atoms with Crippen LogP contribution in [-0.4, -0.2) is 21.1 Å². The molecule has 0 aliphatic carbocycles. The Morgan fingerprint density at radius 2 is 1.82 bits per heavy atom. The van der Waals surface area contributed by atoms with Gasteiger partial charge >= 0.3 is 0 Å². The lowest BCUT2D eigenvalue weighted by atomic mass is 10.1. The SMILES string of the molecule is CC(=O)c1ccc(NC(=O)c2cn3cc(Cl)ccc3n2)cc1. The summed E-state index contributed by atoms with van der Waals surface area (Å²) in [6.07, 6.45) is 3.29. The number of hydrogen-bond donors (Lipinski definition) is 1. The summed E-state index contributed by atoms with van der Waals surface area (Å²) in [6, 6.07) is 10.2. The quantitative estimate of drug-likeness (QED) is 0.753. The number of anilines is 1. The van der Waals surface area contributed by atoms with Gasteiger partial charge in [0.15, 0.2) is 5.78 Å². The standard InChI is InChI=1S/C16H12ClN3O2/c1-10(21)11-2-5-13(6-3-11)18-16(22)14-9-20-8-12(17)4-7-15(20)19-14/h2-9H,1H3,(H,18,22). The Hall–Kier alpha value is -2.66. The summed E-state index contributed by atoms with van der Waals surface area (Å²) in [7, 11) is 0. The summed E-state index contributed by atoms with van der Waals surface area (Å²) in [5, 5.41) is 3.31. The van der Waals surface area contributed by atoms with E-state index in [4.69, 9.17) is 11.6 Å². The number of fused-ring (bicyclic) bond motifs is 1. The van der Waals surface area contributed by atoms with Crippen LogP contribution in [0.15, 0.2) is 48.8 Å². The number of benzene rings is 1. The third-order valence-corrected chi connectivity index (χ3v) is 3.42. The van der Waals surface area contributed by atoms with Crippen molar-refractivity contribution in [2.75, 3.05) is 5.32 Å². The first-order valence-electron chi connectivity index (χ1n) is 6.59. The molecule has 5 nitrogen and oxygen atoms in total. The Labute approximate surface area is 131 Å². The number of pyridine rings is 1. The van der Waals surface area contributed by atoms with Crippen LogP contribution in [0.5, 0.6) is 0 Å². The Morgan fingerprint density at radius 3 is 2.50 bits per heavy atom. The molecule has 0 radical (unpaired) electrons. The summed E-state index contributed by atoms with van der Waals surface area (Å²) >= 11 is 5.90. The summed E-state index contributed by atoms with van der Waals surface area (Å²) in [4.78, 5) is 27.7. The highest BCUT2D eigenvalue weighted by molar-refractivity contribution is 6.30. The van der Waals surface area contributed by atoms with Crippen molar-refractivity contribution >= 4 is 34.6 Å². The van der Waals surface area contributed by atoms with Gasteiger partial charge in [-0.05, 0) is 43.3 Å². The Balaban J connectivity index is 1.81. The van der Waals surface area contributed by atoms with Gasteiger partial charge in [0.25, 0.3) is 5.91 Å². The number of carbonyl (C=O) groups is 2. The molecule has 3 rings (SSSR count). The van der Waals surface area contributed by atoms with Crippen LogP contribution in [-0.2, 0) is 0 Å². The molecule has 0 bridgehead atoms. The number of ketones is 1. The maximum Gasteiger partial charge on any atom is 0.275 e. The van der Waals surface area contributed by atoms with Gasteiger partial charge in [0.05, 0.1) is 5.02 Å². The number of Topliss-reactive ketones (excluding diaryl/α,β-unsaturated/α-hetero) is 1. The fourth-order valence-electron chi connectivity index (χ4n) is 2.06. The van der Waals surface area contributed by atoms with Gasteiger partial charge < -0.3 is 9.72 Å². The van der Waals surface area contributed by atoms with Crippen LogP contribution in [0.1, 0.15) is 27.8 Å². The van der Waals surface area contributed by atoms with E-state index in [0.717, 1.165) is 0 Å². The van der Waals surface area contributed by atoms with Gasteiger partial charge in [0.2, 0.25) is 0 Å². The lowest BCUT2D eigenvalue weighted by Crippen LogP contribution is -2.12. The highest BCUT2D eigenvalue weighted by Gasteiger charge is 2.11. The van der Waals surface area contributed by atoms with Crippen LogP contribution in [0.2, 0.25) is 5.02 Å². The van der Waals surface area contributed by atoms with Crippen LogP contribution >= 0.6 is 11.6 Å². The second-order valence-electron chi connectivity index (χ2n) is 4.83. The molecule has 110 valence electrons. The minimum Gasteiger partial charge on any atom is -0.321 e. The number of amides is 1. The van der Waals surface area contributed by atoms with Crippen molar-refractivity contribution < 1.29 is 9.59 Å². The molecule has 0 aliphatic rings. The van der Waals surface area contributed by atoms with E-state index in [1.807, 2.05) is 0 Å². The van der Waals surface area contributed by atoms with E-state index in [-0.39, 0.29) is 17.4 Å². The van der Waals surface area contributed by atoms with Gasteiger partial charge in [-0.2, -0.15) is 0 Å². The summed E-state index contributed by atoms with van der Waals surface area (Å²) in [5.74, 6) is -0.342. The van der Waals surface area contributed by atoms with Gasteiger partial charge in [-0.3, -0.25) is 9.59 Å². The first-order valence-corrected chi connectivity index (χ1v) is 6.97. The minimum atomic E-state index is -0.324. The predicted octanol–water partition coefficient (Wildman–Crippen LogP) is 3.44. The highest BCUT2D eigenvalue weighted by Crippen LogP contribution is 2.14. The van der Waals surface area contributed by atoms with Crippen LogP contribution in [0, 0.1) is 0 Å². The number of nitrogens with zero attached hydrogens (tertiary/aromatic N) is 2. The molecule has 0 saturated heterocycles. The first-order chi connectivity index (χ1) is 10.5. The van der Waals surface area contributed by atoms with Crippen molar-refractivity contribution in [1.82, 2.24) is 9.38 Å². The van der Waals surface area contributed by atoms with Gasteiger partial charge in [-0.1, -0.05) is 11.6 Å². The molecule has 0 spiro atoms. The van der Waals surface area contributed by atoms with E-state index in [2.05, 4.69) is 10.3 Å². The zero-order valence-electron chi connectivity index (χ0n) is 11.7. The van der Waals surface area contributed by atoms with Crippen LogP contribution in [0.25, 0.3) is 5.65 Å². The van der Waals surface area contributed by atoms with E-state index in [1.54, 1.807) is 53.2 Å². The first kappa shape index (κ1) is 14.3. The number of halogens is 1. The Bertz CT molecular complexity index is 869. The summed E-state index contributed by atoms with van der Waals surface area (Å²) < 4.78 is 1.69. The molecule has 0 atom stereocenters. The van der Waals surface area contributed by atoms with Crippen molar-refractivity contribution in [3.63, 3.8) is 0 Å². The second-order valence-corrected chi connectivity index (χ2v) is 5.26. The third kappa shape index (κ3) is 2.84. The smallest absolute Gasteiger partial charge is 0.275 e. The van der Waals surface area contributed by atoms with Crippen molar-refractivity contribution in [3.8, 4) is 0 Å². The monoisotopic (exact) mass is 313 g/mol. The van der Waals surface area contributed by atoms with Crippen molar-refractivity contribution in [1.29, 1.82) is 0 Å². The minimum absolute atomic E-state index is 0.0184. The summed E-state index contributed by atoms with van der Waals surface area (Å²) in [6.45, 7) is 1.50. The predicted molar refractivity (Wildman–Crippen MR) is 84.6 cm³/mol. The molecule has 2 heterocycles. The van der Waals surface area contributed by atoms with E-state index < -0.39 is 0 Å². The summed E-state index contributed by atoms with van der Waals surface area (Å²) in [5.41, 5.74) is 2.13. The fraction of sp³-hybridized carbons (Fsp3) is 0.0625. The van der Waals surface area contributed by atoms with Crippen molar-refractivity contribution in [2.24, 2.45) is 0 Å². The number of hydrogen-bond acceptors (Lipinski definition) is 3. The highest BCUT2D eigenvalue weighted by atomic mass is 35.5.